The van der Waals surface area contributed by atoms with Crippen LogP contribution in [0.1, 0.15) is 29.0 Å². The number of aromatic nitrogens is 2. The Morgan fingerprint density at radius 1 is 1.19 bits per heavy atom. The van der Waals surface area contributed by atoms with Gasteiger partial charge in [-0.25, -0.2) is 4.98 Å². The maximum absolute atomic E-state index is 12.0. The highest BCUT2D eigenvalue weighted by atomic mass is 127. The molecular weight excluding hydrogens is 503 g/mol. The number of imidazole rings is 1. The van der Waals surface area contributed by atoms with Gasteiger partial charge in [-0.3, -0.25) is 9.79 Å². The summed E-state index contributed by atoms with van der Waals surface area (Å²) in [7, 11) is 1.76. The third kappa shape index (κ3) is 6.06. The standard InChI is InChI=1S/C23H26N6O.HI/c1-24-23(27-14-19-12-22(30)28-21-8-3-2-7-20(19)21)26-13-17-5-4-6-18(11-17)15-29-10-9-25-16-29;/h2-11,16,19H,12-15H2,1H3,(H,28,30)(H2,24,26,27);1H. The van der Waals surface area contributed by atoms with Crippen molar-refractivity contribution in [3.05, 3.63) is 83.9 Å². The number of fused-ring (bicyclic) bond motifs is 1. The van der Waals surface area contributed by atoms with Crippen molar-refractivity contribution in [3.8, 4) is 0 Å². The van der Waals surface area contributed by atoms with Gasteiger partial charge in [0.25, 0.3) is 0 Å². The highest BCUT2D eigenvalue weighted by Crippen LogP contribution is 2.31. The minimum absolute atomic E-state index is 0. The van der Waals surface area contributed by atoms with E-state index in [0.29, 0.717) is 19.5 Å². The van der Waals surface area contributed by atoms with E-state index >= 15 is 0 Å². The van der Waals surface area contributed by atoms with Crippen molar-refractivity contribution >= 4 is 41.5 Å². The van der Waals surface area contributed by atoms with E-state index in [-0.39, 0.29) is 35.8 Å². The SMILES string of the molecule is CN=C(NCc1cccc(Cn2ccnc2)c1)NCC1CC(=O)Nc2ccccc21.I. The Bertz CT molecular complexity index is 1030. The van der Waals surface area contributed by atoms with Gasteiger partial charge < -0.3 is 20.5 Å². The summed E-state index contributed by atoms with van der Waals surface area (Å²) in [5.41, 5.74) is 4.46. The topological polar surface area (TPSA) is 83.3 Å². The van der Waals surface area contributed by atoms with Gasteiger partial charge in [-0.2, -0.15) is 0 Å². The van der Waals surface area contributed by atoms with Gasteiger partial charge in [0.1, 0.15) is 0 Å². The van der Waals surface area contributed by atoms with Crippen molar-refractivity contribution in [1.82, 2.24) is 20.2 Å². The molecule has 8 heteroatoms. The summed E-state index contributed by atoms with van der Waals surface area (Å²) in [6.45, 7) is 2.11. The number of para-hydroxylation sites is 1. The van der Waals surface area contributed by atoms with Crippen LogP contribution in [0.3, 0.4) is 0 Å². The quantitative estimate of drug-likeness (QED) is 0.260. The fourth-order valence-corrected chi connectivity index (χ4v) is 3.74. The van der Waals surface area contributed by atoms with E-state index < -0.39 is 0 Å². The van der Waals surface area contributed by atoms with Crippen LogP contribution >= 0.6 is 24.0 Å². The minimum atomic E-state index is 0. The Kier molecular flexibility index (Phi) is 8.05. The monoisotopic (exact) mass is 530 g/mol. The summed E-state index contributed by atoms with van der Waals surface area (Å²) >= 11 is 0. The molecule has 31 heavy (non-hydrogen) atoms. The molecule has 1 aromatic heterocycles. The van der Waals surface area contributed by atoms with Crippen molar-refractivity contribution < 1.29 is 4.79 Å². The number of carbonyl (C=O) groups excluding carboxylic acids is 1. The van der Waals surface area contributed by atoms with Crippen molar-refractivity contribution in [2.24, 2.45) is 4.99 Å². The third-order valence-corrected chi connectivity index (χ3v) is 5.22. The molecule has 1 atom stereocenters. The number of hydrogen-bond acceptors (Lipinski definition) is 3. The summed E-state index contributed by atoms with van der Waals surface area (Å²) in [4.78, 5) is 20.4. The number of amides is 1. The van der Waals surface area contributed by atoms with E-state index in [1.807, 2.05) is 35.3 Å². The number of nitrogens with zero attached hydrogens (tertiary/aromatic N) is 3. The molecule has 4 rings (SSSR count). The van der Waals surface area contributed by atoms with E-state index in [9.17, 15) is 4.79 Å². The molecule has 7 nitrogen and oxygen atoms in total. The number of guanidine groups is 1. The number of hydrogen-bond donors (Lipinski definition) is 3. The van der Waals surface area contributed by atoms with Gasteiger partial charge in [-0.05, 0) is 22.8 Å². The van der Waals surface area contributed by atoms with Crippen LogP contribution in [0.4, 0.5) is 5.69 Å². The highest BCUT2D eigenvalue weighted by molar-refractivity contribution is 14.0. The lowest BCUT2D eigenvalue weighted by Gasteiger charge is -2.26. The first kappa shape index (κ1) is 22.8. The van der Waals surface area contributed by atoms with Crippen molar-refractivity contribution in [1.29, 1.82) is 0 Å². The minimum Gasteiger partial charge on any atom is -0.356 e. The zero-order chi connectivity index (χ0) is 20.8. The molecule has 0 saturated heterocycles. The van der Waals surface area contributed by atoms with Crippen LogP contribution in [0.2, 0.25) is 0 Å². The lowest BCUT2D eigenvalue weighted by molar-refractivity contribution is -0.116. The third-order valence-electron chi connectivity index (χ3n) is 5.22. The molecular formula is C23H27IN6O. The van der Waals surface area contributed by atoms with E-state index in [2.05, 4.69) is 56.3 Å². The average molecular weight is 530 g/mol. The Morgan fingerprint density at radius 2 is 2.03 bits per heavy atom. The number of rotatable bonds is 6. The van der Waals surface area contributed by atoms with Crippen LogP contribution in [0, 0.1) is 0 Å². The molecule has 3 aromatic rings. The van der Waals surface area contributed by atoms with E-state index in [1.165, 1.54) is 11.1 Å². The second kappa shape index (κ2) is 10.9. The summed E-state index contributed by atoms with van der Waals surface area (Å²) in [5, 5.41) is 9.67. The molecule has 1 aliphatic heterocycles. The van der Waals surface area contributed by atoms with Gasteiger partial charge in [-0.15, -0.1) is 24.0 Å². The Labute approximate surface area is 199 Å². The van der Waals surface area contributed by atoms with Crippen molar-refractivity contribution in [3.63, 3.8) is 0 Å². The van der Waals surface area contributed by atoms with Gasteiger partial charge in [0.2, 0.25) is 5.91 Å². The van der Waals surface area contributed by atoms with Gasteiger partial charge in [0.05, 0.1) is 6.33 Å². The van der Waals surface area contributed by atoms with Crippen molar-refractivity contribution in [2.45, 2.75) is 25.4 Å². The van der Waals surface area contributed by atoms with Crippen molar-refractivity contribution in [2.75, 3.05) is 18.9 Å². The molecule has 0 radical (unpaired) electrons. The fraction of sp³-hybridized carbons (Fsp3) is 0.261. The molecule has 1 amide bonds. The molecule has 0 saturated carbocycles. The molecule has 1 aliphatic rings. The first-order valence-corrected chi connectivity index (χ1v) is 10.1. The van der Waals surface area contributed by atoms with Crippen LogP contribution in [-0.4, -0.2) is 35.0 Å². The molecule has 162 valence electrons. The zero-order valence-corrected chi connectivity index (χ0v) is 19.7. The van der Waals surface area contributed by atoms with E-state index in [4.69, 9.17) is 0 Å². The first-order valence-electron chi connectivity index (χ1n) is 10.1. The molecule has 2 heterocycles. The van der Waals surface area contributed by atoms with Gasteiger partial charge in [-0.1, -0.05) is 42.5 Å². The van der Waals surface area contributed by atoms with Crippen LogP contribution in [-0.2, 0) is 17.9 Å². The molecule has 3 N–H and O–H groups in total. The number of anilines is 1. The fourth-order valence-electron chi connectivity index (χ4n) is 3.74. The number of halogens is 1. The van der Waals surface area contributed by atoms with Gasteiger partial charge >= 0.3 is 0 Å². The molecule has 0 aliphatic carbocycles. The maximum atomic E-state index is 12.0. The summed E-state index contributed by atoms with van der Waals surface area (Å²) in [5.74, 6) is 0.892. The highest BCUT2D eigenvalue weighted by Gasteiger charge is 2.24. The normalized spacial score (nSPS) is 15.5. The smallest absolute Gasteiger partial charge is 0.225 e. The molecule has 0 fully saturated rings. The van der Waals surface area contributed by atoms with Crippen LogP contribution in [0.25, 0.3) is 0 Å². The number of benzene rings is 2. The first-order chi connectivity index (χ1) is 14.7. The summed E-state index contributed by atoms with van der Waals surface area (Å²) < 4.78 is 2.05. The van der Waals surface area contributed by atoms with E-state index in [1.54, 1.807) is 13.2 Å². The van der Waals surface area contributed by atoms with E-state index in [0.717, 1.165) is 23.8 Å². The molecule has 0 bridgehead atoms. The Hall–Kier alpha value is -2.88. The lowest BCUT2D eigenvalue weighted by atomic mass is 9.90. The molecule has 0 spiro atoms. The second-order valence-electron chi connectivity index (χ2n) is 7.40. The lowest BCUT2D eigenvalue weighted by Crippen LogP contribution is -2.40. The second-order valence-corrected chi connectivity index (χ2v) is 7.40. The van der Waals surface area contributed by atoms with Gasteiger partial charge in [0, 0.05) is 57.1 Å². The number of carbonyl (C=O) groups is 1. The molecule has 2 aromatic carbocycles. The zero-order valence-electron chi connectivity index (χ0n) is 17.4. The predicted molar refractivity (Wildman–Crippen MR) is 134 cm³/mol. The predicted octanol–water partition coefficient (Wildman–Crippen LogP) is 3.34. The maximum Gasteiger partial charge on any atom is 0.225 e. The van der Waals surface area contributed by atoms with Gasteiger partial charge in [0.15, 0.2) is 5.96 Å². The largest absolute Gasteiger partial charge is 0.356 e. The summed E-state index contributed by atoms with van der Waals surface area (Å²) in [6.07, 6.45) is 6.04. The Morgan fingerprint density at radius 3 is 2.84 bits per heavy atom. The molecule has 1 unspecified atom stereocenters. The number of aliphatic imine (C=N–C) groups is 1. The number of nitrogens with one attached hydrogen (secondary N) is 3. The Balaban J connectivity index is 0.00000272. The van der Waals surface area contributed by atoms with Crippen LogP contribution in [0.5, 0.6) is 0 Å². The van der Waals surface area contributed by atoms with Crippen LogP contribution in [0.15, 0.2) is 72.2 Å². The summed E-state index contributed by atoms with van der Waals surface area (Å²) in [6, 6.07) is 16.4. The average Bonchev–Trinajstić information content (AvgIpc) is 3.27. The van der Waals surface area contributed by atoms with Crippen LogP contribution < -0.4 is 16.0 Å².